The number of nitrogens with one attached hydrogen (secondary N) is 1. The number of amides is 1. The number of nitrogens with two attached hydrogens (primary N) is 1. The summed E-state index contributed by atoms with van der Waals surface area (Å²) in [6.07, 6.45) is -4.18. The van der Waals surface area contributed by atoms with Gasteiger partial charge in [0, 0.05) is 0 Å². The number of carbonyl (C=O) groups is 1. The lowest BCUT2D eigenvalue weighted by Crippen LogP contribution is -2.27. The average Bonchev–Trinajstić information content (AvgIpc) is 3.19. The van der Waals surface area contributed by atoms with Gasteiger partial charge in [-0.2, -0.15) is 18.2 Å². The number of anilines is 1. The Bertz CT molecular complexity index is 1200. The first kappa shape index (κ1) is 23.8. The van der Waals surface area contributed by atoms with Crippen LogP contribution in [0, 0.1) is 11.6 Å². The molecule has 3 rings (SSSR count). The minimum absolute atomic E-state index is 0.115. The van der Waals surface area contributed by atoms with Crippen LogP contribution >= 0.6 is 0 Å². The third-order valence-corrected chi connectivity index (χ3v) is 4.60. The molecule has 3 aromatic rings. The van der Waals surface area contributed by atoms with E-state index in [2.05, 4.69) is 16.9 Å². The summed E-state index contributed by atoms with van der Waals surface area (Å²) >= 11 is 0. The van der Waals surface area contributed by atoms with E-state index in [1.54, 1.807) is 0 Å². The Labute approximate surface area is 184 Å². The first-order chi connectivity index (χ1) is 15.3. The lowest BCUT2D eigenvalue weighted by Gasteiger charge is -2.14. The van der Waals surface area contributed by atoms with Crippen LogP contribution in [0.15, 0.2) is 47.6 Å². The molecule has 1 unspecified atom stereocenters. The van der Waals surface area contributed by atoms with Crippen LogP contribution in [-0.4, -0.2) is 10.9 Å². The zero-order valence-electron chi connectivity index (χ0n) is 17.4. The van der Waals surface area contributed by atoms with Crippen LogP contribution in [0.1, 0.15) is 47.1 Å². The number of halogens is 5. The Kier molecular flexibility index (Phi) is 6.43. The Morgan fingerprint density at radius 3 is 2.39 bits per heavy atom. The highest BCUT2D eigenvalue weighted by atomic mass is 19.4. The minimum atomic E-state index is -4.62. The number of hydrogen-bond donors (Lipinski definition) is 2. The SMILES string of the molecule is C=C(C)c1cc(Oc2nc(C(=O)NC(C)c3cc(F)c(N)c(F)c3)co2)cc(C(F)(F)F)c1. The summed E-state index contributed by atoms with van der Waals surface area (Å²) in [6.45, 7) is 6.63. The van der Waals surface area contributed by atoms with E-state index in [0.717, 1.165) is 30.5 Å². The van der Waals surface area contributed by atoms with Crippen LogP contribution in [0.4, 0.5) is 27.6 Å². The molecule has 0 aliphatic rings. The number of nitrogens with zero attached hydrogens (tertiary/aromatic N) is 1. The molecule has 1 atom stereocenters. The zero-order chi connectivity index (χ0) is 24.5. The maximum atomic E-state index is 13.7. The molecule has 11 heteroatoms. The molecular weight excluding hydrogens is 449 g/mol. The first-order valence-corrected chi connectivity index (χ1v) is 9.42. The number of oxazole rings is 1. The molecule has 174 valence electrons. The summed E-state index contributed by atoms with van der Waals surface area (Å²) in [4.78, 5) is 16.2. The fraction of sp³-hybridized carbons (Fsp3) is 0.182. The largest absolute Gasteiger partial charge is 0.416 e. The van der Waals surface area contributed by atoms with Crippen LogP contribution in [0.3, 0.4) is 0 Å². The van der Waals surface area contributed by atoms with Crippen LogP contribution in [0.2, 0.25) is 0 Å². The standard InChI is InChI=1S/C22H18F5N3O3/c1-10(2)12-4-14(22(25,26)27)8-15(5-12)33-21-30-18(9-32-21)20(31)29-11(3)13-6-16(23)19(28)17(24)7-13/h4-9,11H,1,28H2,2-3H3,(H,29,31). The second-order valence-corrected chi connectivity index (χ2v) is 7.22. The van der Waals surface area contributed by atoms with Crippen molar-refractivity contribution < 1.29 is 35.9 Å². The molecule has 0 spiro atoms. The van der Waals surface area contributed by atoms with Crippen molar-refractivity contribution in [2.45, 2.75) is 26.1 Å². The van der Waals surface area contributed by atoms with Gasteiger partial charge < -0.3 is 20.2 Å². The van der Waals surface area contributed by atoms with Crippen LogP contribution in [0.5, 0.6) is 11.8 Å². The molecule has 2 aromatic carbocycles. The molecule has 0 fully saturated rings. The van der Waals surface area contributed by atoms with Gasteiger partial charge in [0.2, 0.25) is 0 Å². The Morgan fingerprint density at radius 2 is 1.82 bits per heavy atom. The van der Waals surface area contributed by atoms with Gasteiger partial charge in [0.1, 0.15) is 29.3 Å². The van der Waals surface area contributed by atoms with Gasteiger partial charge in [-0.05, 0) is 55.3 Å². The van der Waals surface area contributed by atoms with Gasteiger partial charge in [-0.3, -0.25) is 4.79 Å². The van der Waals surface area contributed by atoms with Gasteiger partial charge in [0.05, 0.1) is 11.6 Å². The highest BCUT2D eigenvalue weighted by Gasteiger charge is 2.32. The summed E-state index contributed by atoms with van der Waals surface area (Å²) in [5.41, 5.74) is 4.05. The summed E-state index contributed by atoms with van der Waals surface area (Å²) in [5.74, 6) is -2.94. The summed E-state index contributed by atoms with van der Waals surface area (Å²) in [5, 5.41) is 2.47. The monoisotopic (exact) mass is 467 g/mol. The van der Waals surface area contributed by atoms with Gasteiger partial charge in [-0.25, -0.2) is 8.78 Å². The number of benzene rings is 2. The van der Waals surface area contributed by atoms with E-state index in [1.165, 1.54) is 19.9 Å². The summed E-state index contributed by atoms with van der Waals surface area (Å²) in [7, 11) is 0. The lowest BCUT2D eigenvalue weighted by molar-refractivity contribution is -0.137. The van der Waals surface area contributed by atoms with E-state index >= 15 is 0 Å². The van der Waals surface area contributed by atoms with Crippen LogP contribution in [-0.2, 0) is 6.18 Å². The van der Waals surface area contributed by atoms with E-state index in [-0.39, 0.29) is 22.6 Å². The molecule has 6 nitrogen and oxygen atoms in total. The zero-order valence-corrected chi connectivity index (χ0v) is 17.4. The summed E-state index contributed by atoms with van der Waals surface area (Å²) < 4.78 is 77.1. The Balaban J connectivity index is 1.77. The molecule has 0 aliphatic carbocycles. The Hall–Kier alpha value is -3.89. The van der Waals surface area contributed by atoms with Crippen molar-refractivity contribution in [3.8, 4) is 11.8 Å². The number of ether oxygens (including phenoxy) is 1. The second-order valence-electron chi connectivity index (χ2n) is 7.22. The fourth-order valence-corrected chi connectivity index (χ4v) is 2.79. The number of alkyl halides is 3. The molecule has 0 saturated heterocycles. The average molecular weight is 467 g/mol. The Morgan fingerprint density at radius 1 is 1.18 bits per heavy atom. The number of rotatable bonds is 6. The van der Waals surface area contributed by atoms with Gasteiger partial charge >= 0.3 is 12.3 Å². The number of carbonyl (C=O) groups excluding carboxylic acids is 1. The van der Waals surface area contributed by atoms with E-state index in [9.17, 15) is 26.7 Å². The van der Waals surface area contributed by atoms with E-state index in [4.69, 9.17) is 14.9 Å². The second kappa shape index (κ2) is 8.93. The third kappa shape index (κ3) is 5.48. The fourth-order valence-electron chi connectivity index (χ4n) is 2.79. The van der Waals surface area contributed by atoms with Crippen molar-refractivity contribution in [1.29, 1.82) is 0 Å². The minimum Gasteiger partial charge on any atom is -0.416 e. The number of aromatic nitrogens is 1. The van der Waals surface area contributed by atoms with Crippen molar-refractivity contribution >= 4 is 17.2 Å². The van der Waals surface area contributed by atoms with E-state index in [0.29, 0.717) is 5.57 Å². The molecule has 0 saturated carbocycles. The molecule has 0 aliphatic heterocycles. The predicted molar refractivity (Wildman–Crippen MR) is 109 cm³/mol. The number of hydrogen-bond acceptors (Lipinski definition) is 5. The molecule has 0 radical (unpaired) electrons. The van der Waals surface area contributed by atoms with Crippen molar-refractivity contribution in [2.75, 3.05) is 5.73 Å². The lowest BCUT2D eigenvalue weighted by atomic mass is 10.0. The molecule has 33 heavy (non-hydrogen) atoms. The molecule has 1 heterocycles. The molecule has 1 amide bonds. The van der Waals surface area contributed by atoms with Crippen molar-refractivity contribution in [3.05, 3.63) is 77.2 Å². The van der Waals surface area contributed by atoms with E-state index in [1.807, 2.05) is 0 Å². The van der Waals surface area contributed by atoms with Crippen LogP contribution in [0.25, 0.3) is 5.57 Å². The smallest absolute Gasteiger partial charge is 0.416 e. The molecule has 1 aromatic heterocycles. The summed E-state index contributed by atoms with van der Waals surface area (Å²) in [6, 6.07) is 4.12. The van der Waals surface area contributed by atoms with Crippen molar-refractivity contribution in [3.63, 3.8) is 0 Å². The van der Waals surface area contributed by atoms with Crippen molar-refractivity contribution in [1.82, 2.24) is 10.3 Å². The highest BCUT2D eigenvalue weighted by molar-refractivity contribution is 5.92. The normalized spacial score (nSPS) is 12.3. The molecule has 3 N–H and O–H groups in total. The van der Waals surface area contributed by atoms with Gasteiger partial charge in [-0.1, -0.05) is 12.2 Å². The molecule has 0 bridgehead atoms. The van der Waals surface area contributed by atoms with E-state index < -0.39 is 47.1 Å². The maximum Gasteiger partial charge on any atom is 0.416 e. The molecular formula is C22H18F5N3O3. The van der Waals surface area contributed by atoms with Gasteiger partial charge in [-0.15, -0.1) is 0 Å². The van der Waals surface area contributed by atoms with Gasteiger partial charge in [0.15, 0.2) is 5.69 Å². The quantitative estimate of drug-likeness (QED) is 0.350. The number of allylic oxidation sites excluding steroid dienone is 1. The predicted octanol–water partition coefficient (Wildman–Crippen LogP) is 5.87. The van der Waals surface area contributed by atoms with Crippen LogP contribution < -0.4 is 15.8 Å². The van der Waals surface area contributed by atoms with Gasteiger partial charge in [0.25, 0.3) is 5.91 Å². The first-order valence-electron chi connectivity index (χ1n) is 9.42. The maximum absolute atomic E-state index is 13.7. The third-order valence-electron chi connectivity index (χ3n) is 4.60. The highest BCUT2D eigenvalue weighted by Crippen LogP contribution is 2.35. The van der Waals surface area contributed by atoms with Crippen molar-refractivity contribution in [2.24, 2.45) is 0 Å². The number of nitrogen functional groups attached to an aromatic ring is 1. The topological polar surface area (TPSA) is 90.4 Å².